The smallest absolute Gasteiger partial charge is 0.188 e. The number of halogens is 1. The highest BCUT2D eigenvalue weighted by atomic mass is 127. The van der Waals surface area contributed by atoms with Gasteiger partial charge in [-0.05, 0) is 32.3 Å². The van der Waals surface area contributed by atoms with Crippen LogP contribution in [0.5, 0.6) is 0 Å². The zero-order valence-corrected chi connectivity index (χ0v) is 15.3. The van der Waals surface area contributed by atoms with E-state index in [-0.39, 0.29) is 24.0 Å². The minimum atomic E-state index is 0. The number of nitrogens with one attached hydrogen (secondary N) is 1. The molecule has 1 heterocycles. The summed E-state index contributed by atoms with van der Waals surface area (Å²) < 4.78 is 5.77. The Hall–Kier alpha value is -1.24. The van der Waals surface area contributed by atoms with Gasteiger partial charge in [0.1, 0.15) is 11.3 Å². The van der Waals surface area contributed by atoms with Gasteiger partial charge in [0.25, 0.3) is 0 Å². The molecule has 1 aromatic carbocycles. The van der Waals surface area contributed by atoms with E-state index in [1.54, 1.807) is 0 Å². The van der Waals surface area contributed by atoms with Crippen molar-refractivity contribution in [2.45, 2.75) is 45.1 Å². The molecule has 22 heavy (non-hydrogen) atoms. The van der Waals surface area contributed by atoms with E-state index in [9.17, 15) is 0 Å². The number of para-hydroxylation sites is 1. The molecular weight excluding hydrogens is 389 g/mol. The van der Waals surface area contributed by atoms with Gasteiger partial charge in [0.05, 0.1) is 0 Å². The average Bonchev–Trinajstić information content (AvgIpc) is 3.07. The lowest BCUT2D eigenvalue weighted by Crippen LogP contribution is -2.38. The Morgan fingerprint density at radius 1 is 1.32 bits per heavy atom. The second-order valence-corrected chi connectivity index (χ2v) is 5.78. The van der Waals surface area contributed by atoms with Crippen LogP contribution in [-0.4, -0.2) is 18.5 Å². The van der Waals surface area contributed by atoms with Crippen molar-refractivity contribution in [3.63, 3.8) is 0 Å². The number of nitrogens with zero attached hydrogens (tertiary/aromatic N) is 1. The molecule has 5 heteroatoms. The molecule has 3 rings (SSSR count). The zero-order valence-electron chi connectivity index (χ0n) is 13.0. The monoisotopic (exact) mass is 413 g/mol. The summed E-state index contributed by atoms with van der Waals surface area (Å²) in [6, 6.07) is 8.66. The van der Waals surface area contributed by atoms with Crippen LogP contribution in [0.15, 0.2) is 33.7 Å². The highest BCUT2D eigenvalue weighted by molar-refractivity contribution is 14.0. The molecule has 0 amide bonds. The summed E-state index contributed by atoms with van der Waals surface area (Å²) >= 11 is 0. The van der Waals surface area contributed by atoms with E-state index in [2.05, 4.69) is 16.4 Å². The molecular formula is C17H24IN3O. The molecule has 1 aromatic heterocycles. The first-order valence-electron chi connectivity index (χ1n) is 7.77. The van der Waals surface area contributed by atoms with E-state index < -0.39 is 0 Å². The van der Waals surface area contributed by atoms with Crippen molar-refractivity contribution in [3.8, 4) is 0 Å². The van der Waals surface area contributed by atoms with Crippen LogP contribution < -0.4 is 11.1 Å². The van der Waals surface area contributed by atoms with Gasteiger partial charge < -0.3 is 15.5 Å². The first-order chi connectivity index (χ1) is 10.2. The fourth-order valence-corrected chi connectivity index (χ4v) is 3.14. The molecule has 0 aliphatic heterocycles. The Morgan fingerprint density at radius 3 is 2.82 bits per heavy atom. The molecule has 1 fully saturated rings. The number of hydrogen-bond acceptors (Lipinski definition) is 2. The van der Waals surface area contributed by atoms with Crippen LogP contribution in [0.3, 0.4) is 0 Å². The SMILES string of the molecule is Cc1oc2ccccc2c1CCN=C(N)NC1CCCC1.I. The van der Waals surface area contributed by atoms with Crippen LogP contribution in [-0.2, 0) is 6.42 Å². The number of nitrogens with two attached hydrogens (primary N) is 1. The summed E-state index contributed by atoms with van der Waals surface area (Å²) in [5.41, 5.74) is 8.15. The van der Waals surface area contributed by atoms with Crippen LogP contribution >= 0.6 is 24.0 Å². The lowest BCUT2D eigenvalue weighted by Gasteiger charge is -2.12. The van der Waals surface area contributed by atoms with Crippen molar-refractivity contribution in [1.29, 1.82) is 0 Å². The third-order valence-corrected chi connectivity index (χ3v) is 4.25. The van der Waals surface area contributed by atoms with E-state index in [0.717, 1.165) is 17.8 Å². The fraction of sp³-hybridized carbons (Fsp3) is 0.471. The number of aryl methyl sites for hydroxylation is 1. The van der Waals surface area contributed by atoms with E-state index in [1.807, 2.05) is 25.1 Å². The predicted molar refractivity (Wildman–Crippen MR) is 102 cm³/mol. The molecule has 0 radical (unpaired) electrons. The molecule has 1 aliphatic rings. The van der Waals surface area contributed by atoms with Gasteiger partial charge in [-0.3, -0.25) is 4.99 Å². The Morgan fingerprint density at radius 2 is 2.05 bits per heavy atom. The zero-order chi connectivity index (χ0) is 14.7. The van der Waals surface area contributed by atoms with Gasteiger partial charge in [-0.1, -0.05) is 31.0 Å². The largest absolute Gasteiger partial charge is 0.461 e. The van der Waals surface area contributed by atoms with E-state index in [0.29, 0.717) is 18.5 Å². The molecule has 0 unspecified atom stereocenters. The lowest BCUT2D eigenvalue weighted by molar-refractivity contribution is 0.572. The van der Waals surface area contributed by atoms with Crippen molar-refractivity contribution in [3.05, 3.63) is 35.6 Å². The van der Waals surface area contributed by atoms with Gasteiger partial charge in [0, 0.05) is 23.5 Å². The molecule has 0 spiro atoms. The van der Waals surface area contributed by atoms with Crippen molar-refractivity contribution >= 4 is 40.9 Å². The van der Waals surface area contributed by atoms with Crippen LogP contribution in [0.4, 0.5) is 0 Å². The normalized spacial score (nSPS) is 16.0. The van der Waals surface area contributed by atoms with E-state index in [1.165, 1.54) is 36.6 Å². The Kier molecular flexibility index (Phi) is 6.11. The number of benzene rings is 1. The molecule has 0 atom stereocenters. The first-order valence-corrected chi connectivity index (χ1v) is 7.77. The van der Waals surface area contributed by atoms with Gasteiger partial charge in [-0.25, -0.2) is 0 Å². The Balaban J connectivity index is 0.00000176. The van der Waals surface area contributed by atoms with Gasteiger partial charge in [0.15, 0.2) is 5.96 Å². The minimum absolute atomic E-state index is 0. The van der Waals surface area contributed by atoms with Crippen LogP contribution in [0.25, 0.3) is 11.0 Å². The third-order valence-electron chi connectivity index (χ3n) is 4.25. The van der Waals surface area contributed by atoms with Crippen molar-refractivity contribution in [1.82, 2.24) is 5.32 Å². The standard InChI is InChI=1S/C17H23N3O.HI/c1-12-14(15-8-4-5-9-16(15)21-12)10-11-19-17(18)20-13-6-2-3-7-13;/h4-5,8-9,13H,2-3,6-7,10-11H2,1H3,(H3,18,19,20);1H. The molecule has 1 saturated carbocycles. The second-order valence-electron chi connectivity index (χ2n) is 5.78. The van der Waals surface area contributed by atoms with Crippen LogP contribution in [0.1, 0.15) is 37.0 Å². The van der Waals surface area contributed by atoms with Gasteiger partial charge in [-0.15, -0.1) is 24.0 Å². The maximum absolute atomic E-state index is 5.96. The maximum Gasteiger partial charge on any atom is 0.188 e. The quantitative estimate of drug-likeness (QED) is 0.456. The van der Waals surface area contributed by atoms with Crippen LogP contribution in [0, 0.1) is 6.92 Å². The number of rotatable bonds is 4. The number of fused-ring (bicyclic) bond motifs is 1. The summed E-state index contributed by atoms with van der Waals surface area (Å²) in [6.45, 7) is 2.70. The molecule has 120 valence electrons. The fourth-order valence-electron chi connectivity index (χ4n) is 3.14. The molecule has 1 aliphatic carbocycles. The minimum Gasteiger partial charge on any atom is -0.461 e. The predicted octanol–water partition coefficient (Wildman–Crippen LogP) is 3.75. The van der Waals surface area contributed by atoms with E-state index in [4.69, 9.17) is 10.2 Å². The van der Waals surface area contributed by atoms with Crippen molar-refractivity contribution in [2.24, 2.45) is 10.7 Å². The van der Waals surface area contributed by atoms with Crippen molar-refractivity contribution in [2.75, 3.05) is 6.54 Å². The summed E-state index contributed by atoms with van der Waals surface area (Å²) in [5.74, 6) is 1.56. The third kappa shape index (κ3) is 3.94. The summed E-state index contributed by atoms with van der Waals surface area (Å²) in [4.78, 5) is 4.45. The Labute approximate surface area is 148 Å². The van der Waals surface area contributed by atoms with Crippen molar-refractivity contribution < 1.29 is 4.42 Å². The lowest BCUT2D eigenvalue weighted by atomic mass is 10.1. The van der Waals surface area contributed by atoms with E-state index >= 15 is 0 Å². The molecule has 0 saturated heterocycles. The molecule has 3 N–H and O–H groups in total. The highest BCUT2D eigenvalue weighted by Crippen LogP contribution is 2.25. The number of guanidine groups is 1. The number of aliphatic imine (C=N–C) groups is 1. The molecule has 4 nitrogen and oxygen atoms in total. The highest BCUT2D eigenvalue weighted by Gasteiger charge is 2.15. The topological polar surface area (TPSA) is 63.5 Å². The summed E-state index contributed by atoms with van der Waals surface area (Å²) in [7, 11) is 0. The Bertz CT molecular complexity index is 644. The molecule has 2 aromatic rings. The first kappa shape index (κ1) is 17.1. The average molecular weight is 413 g/mol. The van der Waals surface area contributed by atoms with Gasteiger partial charge in [-0.2, -0.15) is 0 Å². The van der Waals surface area contributed by atoms with Gasteiger partial charge >= 0.3 is 0 Å². The maximum atomic E-state index is 5.96. The van der Waals surface area contributed by atoms with Gasteiger partial charge in [0.2, 0.25) is 0 Å². The second kappa shape index (κ2) is 7.85. The number of hydrogen-bond donors (Lipinski definition) is 2. The van der Waals surface area contributed by atoms with Crippen LogP contribution in [0.2, 0.25) is 0 Å². The molecule has 0 bridgehead atoms. The number of furan rings is 1. The summed E-state index contributed by atoms with van der Waals surface area (Å²) in [5, 5.41) is 4.50. The summed E-state index contributed by atoms with van der Waals surface area (Å²) in [6.07, 6.45) is 5.87.